The van der Waals surface area contributed by atoms with Gasteiger partial charge in [0, 0.05) is 38.3 Å². The van der Waals surface area contributed by atoms with Crippen LogP contribution < -0.4 is 11.1 Å². The molecular weight excluding hydrogens is 258 g/mol. The number of benzene rings is 1. The van der Waals surface area contributed by atoms with Crippen molar-refractivity contribution < 1.29 is 15.0 Å². The van der Waals surface area contributed by atoms with Crippen LogP contribution >= 0.6 is 0 Å². The topological polar surface area (TPSA) is 98.8 Å². The first-order valence-corrected chi connectivity index (χ1v) is 6.76. The Kier molecular flexibility index (Phi) is 5.08. The number of hydrogen-bond acceptors (Lipinski definition) is 5. The Bertz CT molecular complexity index is 457. The number of amides is 1. The maximum absolute atomic E-state index is 11.8. The lowest BCUT2D eigenvalue weighted by molar-refractivity contribution is -0.116. The van der Waals surface area contributed by atoms with Crippen molar-refractivity contribution in [3.8, 4) is 0 Å². The number of hydrogen-bond donors (Lipinski definition) is 4. The van der Waals surface area contributed by atoms with Gasteiger partial charge in [-0.1, -0.05) is 12.1 Å². The van der Waals surface area contributed by atoms with Gasteiger partial charge in [-0.25, -0.2) is 0 Å². The van der Waals surface area contributed by atoms with E-state index in [1.807, 2.05) is 29.2 Å². The van der Waals surface area contributed by atoms with Gasteiger partial charge in [0.15, 0.2) is 0 Å². The lowest BCUT2D eigenvalue weighted by atomic mass is 10.2. The molecule has 1 heterocycles. The number of rotatable bonds is 5. The lowest BCUT2D eigenvalue weighted by Gasteiger charge is -2.14. The maximum atomic E-state index is 11.8. The van der Waals surface area contributed by atoms with Crippen LogP contribution in [0.15, 0.2) is 24.3 Å². The molecular formula is C14H21N3O3. The number of carbonyl (C=O) groups is 1. The summed E-state index contributed by atoms with van der Waals surface area (Å²) in [6, 6.07) is 7.43. The van der Waals surface area contributed by atoms with E-state index in [9.17, 15) is 15.0 Å². The highest BCUT2D eigenvalue weighted by atomic mass is 16.3. The van der Waals surface area contributed by atoms with Crippen molar-refractivity contribution in [3.05, 3.63) is 29.8 Å². The summed E-state index contributed by atoms with van der Waals surface area (Å²) in [6.07, 6.45) is -1.09. The average molecular weight is 279 g/mol. The molecule has 1 aliphatic rings. The number of aliphatic hydroxyl groups excluding tert-OH is 2. The minimum Gasteiger partial charge on any atom is -0.389 e. The smallest absolute Gasteiger partial charge is 0.225 e. The minimum absolute atomic E-state index is 0.0879. The highest BCUT2D eigenvalue weighted by molar-refractivity contribution is 5.90. The first kappa shape index (κ1) is 14.9. The third-order valence-electron chi connectivity index (χ3n) is 3.44. The molecule has 0 saturated carbocycles. The van der Waals surface area contributed by atoms with Gasteiger partial charge >= 0.3 is 0 Å². The van der Waals surface area contributed by atoms with Crippen LogP contribution in [0.2, 0.25) is 0 Å². The van der Waals surface area contributed by atoms with Crippen molar-refractivity contribution in [2.75, 3.05) is 25.0 Å². The Morgan fingerprint density at radius 2 is 2.05 bits per heavy atom. The molecule has 2 unspecified atom stereocenters. The zero-order valence-corrected chi connectivity index (χ0v) is 11.3. The Morgan fingerprint density at radius 1 is 1.35 bits per heavy atom. The van der Waals surface area contributed by atoms with Gasteiger partial charge in [0.05, 0.1) is 12.2 Å². The predicted molar refractivity (Wildman–Crippen MR) is 76.0 cm³/mol. The van der Waals surface area contributed by atoms with E-state index in [2.05, 4.69) is 5.32 Å². The first-order valence-electron chi connectivity index (χ1n) is 6.76. The highest BCUT2D eigenvalue weighted by Crippen LogP contribution is 2.12. The summed E-state index contributed by atoms with van der Waals surface area (Å²) >= 11 is 0. The fourth-order valence-electron chi connectivity index (χ4n) is 2.29. The summed E-state index contributed by atoms with van der Waals surface area (Å²) in [7, 11) is 0. The minimum atomic E-state index is -0.709. The molecule has 0 aromatic heterocycles. The van der Waals surface area contributed by atoms with Gasteiger partial charge in [0.25, 0.3) is 0 Å². The van der Waals surface area contributed by atoms with Crippen LogP contribution in [-0.2, 0) is 11.3 Å². The van der Waals surface area contributed by atoms with Gasteiger partial charge in [0.2, 0.25) is 5.91 Å². The monoisotopic (exact) mass is 279 g/mol. The molecule has 0 aliphatic carbocycles. The Balaban J connectivity index is 1.78. The van der Waals surface area contributed by atoms with E-state index in [0.29, 0.717) is 32.6 Å². The molecule has 1 aromatic rings. The van der Waals surface area contributed by atoms with E-state index in [-0.39, 0.29) is 5.91 Å². The molecule has 1 aromatic carbocycles. The molecule has 5 N–H and O–H groups in total. The van der Waals surface area contributed by atoms with Crippen molar-refractivity contribution in [2.24, 2.45) is 5.73 Å². The molecule has 6 heteroatoms. The molecule has 1 amide bonds. The highest BCUT2D eigenvalue weighted by Gasteiger charge is 2.29. The number of nitrogens with zero attached hydrogens (tertiary/aromatic N) is 1. The second kappa shape index (κ2) is 6.81. The van der Waals surface area contributed by atoms with E-state index < -0.39 is 12.2 Å². The molecule has 20 heavy (non-hydrogen) atoms. The van der Waals surface area contributed by atoms with Crippen molar-refractivity contribution in [3.63, 3.8) is 0 Å². The summed E-state index contributed by atoms with van der Waals surface area (Å²) in [6.45, 7) is 1.79. The van der Waals surface area contributed by atoms with Gasteiger partial charge in [-0.15, -0.1) is 0 Å². The number of anilines is 1. The van der Waals surface area contributed by atoms with Crippen molar-refractivity contribution in [1.29, 1.82) is 0 Å². The molecule has 0 radical (unpaired) electrons. The molecule has 2 atom stereocenters. The summed E-state index contributed by atoms with van der Waals surface area (Å²) in [5.74, 6) is -0.0879. The fourth-order valence-corrected chi connectivity index (χ4v) is 2.29. The number of β-amino-alcohol motifs (C(OH)–C–C–N with tert-alkyl or cyclic N) is 2. The van der Waals surface area contributed by atoms with Gasteiger partial charge in [0.1, 0.15) is 0 Å². The number of nitrogens with two attached hydrogens (primary N) is 1. The second-order valence-corrected chi connectivity index (χ2v) is 5.10. The van der Waals surface area contributed by atoms with Crippen molar-refractivity contribution in [1.82, 2.24) is 4.90 Å². The number of nitrogens with one attached hydrogen (secondary N) is 1. The normalized spacial score (nSPS) is 22.9. The van der Waals surface area contributed by atoms with Crippen LogP contribution in [0.5, 0.6) is 0 Å². The van der Waals surface area contributed by atoms with Crippen LogP contribution in [0, 0.1) is 0 Å². The third kappa shape index (κ3) is 4.01. The van der Waals surface area contributed by atoms with E-state index >= 15 is 0 Å². The van der Waals surface area contributed by atoms with Crippen molar-refractivity contribution in [2.45, 2.75) is 25.2 Å². The quantitative estimate of drug-likeness (QED) is 0.583. The largest absolute Gasteiger partial charge is 0.389 e. The van der Waals surface area contributed by atoms with Crippen LogP contribution in [0.3, 0.4) is 0 Å². The molecule has 0 spiro atoms. The zero-order valence-electron chi connectivity index (χ0n) is 11.3. The summed E-state index contributed by atoms with van der Waals surface area (Å²) < 4.78 is 0. The molecule has 110 valence electrons. The van der Waals surface area contributed by atoms with Crippen LogP contribution in [0.25, 0.3) is 0 Å². The number of carbonyl (C=O) groups excluding carboxylic acids is 1. The maximum Gasteiger partial charge on any atom is 0.225 e. The molecule has 2 rings (SSSR count). The van der Waals surface area contributed by atoms with Crippen molar-refractivity contribution >= 4 is 11.6 Å². The van der Waals surface area contributed by atoms with Gasteiger partial charge in [-0.2, -0.15) is 0 Å². The van der Waals surface area contributed by atoms with Crippen LogP contribution in [0.1, 0.15) is 12.0 Å². The van der Waals surface area contributed by atoms with E-state index in [4.69, 9.17) is 5.73 Å². The lowest BCUT2D eigenvalue weighted by Crippen LogP contribution is -2.27. The zero-order chi connectivity index (χ0) is 14.5. The molecule has 6 nitrogen and oxygen atoms in total. The van der Waals surface area contributed by atoms with E-state index in [1.54, 1.807) is 0 Å². The molecule has 1 saturated heterocycles. The molecule has 1 aliphatic heterocycles. The Hall–Kier alpha value is -1.47. The second-order valence-electron chi connectivity index (χ2n) is 5.10. The Morgan fingerprint density at radius 3 is 2.70 bits per heavy atom. The predicted octanol–water partition coefficient (Wildman–Crippen LogP) is -0.489. The van der Waals surface area contributed by atoms with Gasteiger partial charge in [-0.3, -0.25) is 9.69 Å². The standard InChI is InChI=1S/C14H21N3O3/c15-7-10-2-1-3-11(6-10)16-14(20)4-5-17-8-12(18)13(19)9-17/h1-3,6,12-13,18-19H,4-5,7-9,15H2,(H,16,20). The fraction of sp³-hybridized carbons (Fsp3) is 0.500. The summed E-state index contributed by atoms with van der Waals surface area (Å²) in [4.78, 5) is 13.7. The third-order valence-corrected chi connectivity index (χ3v) is 3.44. The summed E-state index contributed by atoms with van der Waals surface area (Å²) in [5, 5.41) is 21.7. The number of aliphatic hydroxyl groups is 2. The van der Waals surface area contributed by atoms with E-state index in [1.165, 1.54) is 0 Å². The SMILES string of the molecule is NCc1cccc(NC(=O)CCN2CC(O)C(O)C2)c1. The van der Waals surface area contributed by atoms with Crippen LogP contribution in [0.4, 0.5) is 5.69 Å². The van der Waals surface area contributed by atoms with E-state index in [0.717, 1.165) is 11.3 Å². The molecule has 1 fully saturated rings. The average Bonchev–Trinajstić information content (AvgIpc) is 2.76. The first-order chi connectivity index (χ1) is 9.58. The summed E-state index contributed by atoms with van der Waals surface area (Å²) in [5.41, 5.74) is 7.25. The van der Waals surface area contributed by atoms with Crippen LogP contribution in [-0.4, -0.2) is 52.9 Å². The van der Waals surface area contributed by atoms with Gasteiger partial charge < -0.3 is 21.3 Å². The molecule has 0 bridgehead atoms. The number of likely N-dealkylation sites (tertiary alicyclic amines) is 1. The van der Waals surface area contributed by atoms with Gasteiger partial charge in [-0.05, 0) is 17.7 Å². The Labute approximate surface area is 118 Å².